The van der Waals surface area contributed by atoms with Gasteiger partial charge in [-0.3, -0.25) is 4.79 Å². The first kappa shape index (κ1) is 8.99. The molecule has 0 aromatic heterocycles. The molecule has 0 aliphatic heterocycles. The van der Waals surface area contributed by atoms with Gasteiger partial charge in [0.05, 0.1) is 0 Å². The number of hydrogen-bond donors (Lipinski definition) is 3. The number of carboxylic acid groups (broad SMARTS) is 1. The minimum absolute atomic E-state index is 0.262. The van der Waals surface area contributed by atoms with Gasteiger partial charge in [0.2, 0.25) is 0 Å². The van der Waals surface area contributed by atoms with Crippen LogP contribution < -0.4 is 11.1 Å². The lowest BCUT2D eigenvalue weighted by atomic mass is 9.78. The van der Waals surface area contributed by atoms with E-state index in [4.69, 9.17) is 10.8 Å². The molecule has 0 radical (unpaired) electrons. The third-order valence-corrected chi connectivity index (χ3v) is 2.14. The summed E-state index contributed by atoms with van der Waals surface area (Å²) >= 11 is 0. The van der Waals surface area contributed by atoms with Crippen molar-refractivity contribution in [3.05, 3.63) is 0 Å². The van der Waals surface area contributed by atoms with Gasteiger partial charge in [-0.25, -0.2) is 4.79 Å². The molecule has 5 heteroatoms. The number of hydrogen-bond acceptors (Lipinski definition) is 3. The van der Waals surface area contributed by atoms with Crippen molar-refractivity contribution in [3.63, 3.8) is 0 Å². The Morgan fingerprint density at radius 3 is 2.42 bits per heavy atom. The second kappa shape index (κ2) is 3.10. The zero-order valence-electron chi connectivity index (χ0n) is 6.67. The van der Waals surface area contributed by atoms with Crippen LogP contribution in [-0.4, -0.2) is 29.1 Å². The van der Waals surface area contributed by atoms with E-state index in [1.807, 2.05) is 0 Å². The number of nitrogens with one attached hydrogen (secondary N) is 1. The lowest BCUT2D eigenvalue weighted by Gasteiger charge is -2.37. The Kier molecular flexibility index (Phi) is 2.32. The Bertz CT molecular complexity index is 211. The van der Waals surface area contributed by atoms with E-state index >= 15 is 0 Å². The van der Waals surface area contributed by atoms with Crippen LogP contribution in [0.5, 0.6) is 0 Å². The van der Waals surface area contributed by atoms with Crippen LogP contribution in [0.15, 0.2) is 0 Å². The molecule has 1 saturated carbocycles. The molecular formula is C7H12N2O3. The van der Waals surface area contributed by atoms with Crippen LogP contribution in [0.4, 0.5) is 0 Å². The van der Waals surface area contributed by atoms with Gasteiger partial charge < -0.3 is 16.2 Å². The first-order valence-electron chi connectivity index (χ1n) is 3.83. The molecule has 4 N–H and O–H groups in total. The molecule has 1 aliphatic rings. The molecule has 1 fully saturated rings. The lowest BCUT2D eigenvalue weighted by molar-refractivity contribution is -0.150. The number of rotatable bonds is 2. The molecule has 0 saturated heterocycles. The summed E-state index contributed by atoms with van der Waals surface area (Å²) in [6.07, 6.45) is 2.76. The Labute approximate surface area is 69.9 Å². The van der Waals surface area contributed by atoms with Crippen LogP contribution in [0.1, 0.15) is 19.3 Å². The summed E-state index contributed by atoms with van der Waals surface area (Å²) < 4.78 is 0. The van der Waals surface area contributed by atoms with Gasteiger partial charge >= 0.3 is 11.9 Å². The molecule has 0 heterocycles. The van der Waals surface area contributed by atoms with Gasteiger partial charge in [0.15, 0.2) is 0 Å². The molecule has 1 aliphatic carbocycles. The van der Waals surface area contributed by atoms with Gasteiger partial charge in [-0.1, -0.05) is 0 Å². The minimum atomic E-state index is -1.46. The molecule has 0 unspecified atom stereocenters. The molecule has 5 nitrogen and oxygen atoms in total. The fourth-order valence-corrected chi connectivity index (χ4v) is 1.14. The topological polar surface area (TPSA) is 92.4 Å². The summed E-state index contributed by atoms with van der Waals surface area (Å²) in [7, 11) is 0. The van der Waals surface area contributed by atoms with Gasteiger partial charge in [-0.05, 0) is 19.3 Å². The van der Waals surface area contributed by atoms with E-state index in [0.29, 0.717) is 0 Å². The average Bonchev–Trinajstić information content (AvgIpc) is 1.96. The maximum absolute atomic E-state index is 10.6. The smallest absolute Gasteiger partial charge is 0.394 e. The second-order valence-corrected chi connectivity index (χ2v) is 3.20. The third kappa shape index (κ3) is 1.94. The van der Waals surface area contributed by atoms with Gasteiger partial charge in [-0.15, -0.1) is 0 Å². The molecule has 12 heavy (non-hydrogen) atoms. The fourth-order valence-electron chi connectivity index (χ4n) is 1.14. The highest BCUT2D eigenvalue weighted by Gasteiger charge is 2.33. The summed E-state index contributed by atoms with van der Waals surface area (Å²) in [6, 6.07) is 0. The first-order chi connectivity index (χ1) is 5.53. The van der Waals surface area contributed by atoms with Crippen LogP contribution in [-0.2, 0) is 9.59 Å². The van der Waals surface area contributed by atoms with Crippen molar-refractivity contribution in [2.24, 2.45) is 5.73 Å². The molecule has 1 rings (SSSR count). The predicted octanol–water partition coefficient (Wildman–Crippen LogP) is -0.931. The Hall–Kier alpha value is -1.10. The summed E-state index contributed by atoms with van der Waals surface area (Å²) in [5.74, 6) is -2.44. The SMILES string of the molecule is NC1(CNC(=O)C(=O)O)CCC1. The van der Waals surface area contributed by atoms with E-state index in [0.717, 1.165) is 19.3 Å². The summed E-state index contributed by atoms with van der Waals surface area (Å²) in [6.45, 7) is 0.262. The van der Waals surface area contributed by atoms with Gasteiger partial charge in [-0.2, -0.15) is 0 Å². The third-order valence-electron chi connectivity index (χ3n) is 2.14. The number of carboxylic acids is 1. The van der Waals surface area contributed by atoms with Crippen molar-refractivity contribution in [1.29, 1.82) is 0 Å². The maximum atomic E-state index is 10.6. The van der Waals surface area contributed by atoms with Crippen molar-refractivity contribution in [2.75, 3.05) is 6.54 Å². The zero-order chi connectivity index (χ0) is 9.19. The molecule has 0 spiro atoms. The predicted molar refractivity (Wildman–Crippen MR) is 41.4 cm³/mol. The van der Waals surface area contributed by atoms with E-state index < -0.39 is 11.9 Å². The maximum Gasteiger partial charge on any atom is 0.394 e. The van der Waals surface area contributed by atoms with Crippen molar-refractivity contribution in [3.8, 4) is 0 Å². The molecular weight excluding hydrogens is 160 g/mol. The van der Waals surface area contributed by atoms with Gasteiger partial charge in [0.25, 0.3) is 0 Å². The summed E-state index contributed by atoms with van der Waals surface area (Å²) in [4.78, 5) is 20.6. The van der Waals surface area contributed by atoms with E-state index in [1.54, 1.807) is 0 Å². The molecule has 0 aromatic carbocycles. The normalized spacial score (nSPS) is 19.4. The van der Waals surface area contributed by atoms with Gasteiger partial charge in [0.1, 0.15) is 0 Å². The van der Waals surface area contributed by atoms with Crippen LogP contribution in [0.3, 0.4) is 0 Å². The largest absolute Gasteiger partial charge is 0.474 e. The van der Waals surface area contributed by atoms with Crippen molar-refractivity contribution >= 4 is 11.9 Å². The number of nitrogens with two attached hydrogens (primary N) is 1. The van der Waals surface area contributed by atoms with E-state index in [9.17, 15) is 9.59 Å². The van der Waals surface area contributed by atoms with Crippen LogP contribution >= 0.6 is 0 Å². The van der Waals surface area contributed by atoms with E-state index in [-0.39, 0.29) is 12.1 Å². The van der Waals surface area contributed by atoms with Crippen LogP contribution in [0.25, 0.3) is 0 Å². The molecule has 1 amide bonds. The number of aliphatic carboxylic acids is 1. The van der Waals surface area contributed by atoms with Crippen molar-refractivity contribution < 1.29 is 14.7 Å². The molecule has 0 bridgehead atoms. The Morgan fingerprint density at radius 1 is 1.50 bits per heavy atom. The fraction of sp³-hybridized carbons (Fsp3) is 0.714. The lowest BCUT2D eigenvalue weighted by Crippen LogP contribution is -2.55. The standard InChI is InChI=1S/C7H12N2O3/c8-7(2-1-3-7)4-9-5(10)6(11)12/h1-4,8H2,(H,9,10)(H,11,12). The Balaban J connectivity index is 2.25. The van der Waals surface area contributed by atoms with Crippen molar-refractivity contribution in [2.45, 2.75) is 24.8 Å². The highest BCUT2D eigenvalue weighted by Crippen LogP contribution is 2.27. The zero-order valence-corrected chi connectivity index (χ0v) is 6.67. The first-order valence-corrected chi connectivity index (χ1v) is 3.83. The number of carbonyl (C=O) groups is 2. The highest BCUT2D eigenvalue weighted by molar-refractivity contribution is 6.31. The monoisotopic (exact) mass is 172 g/mol. The van der Waals surface area contributed by atoms with Gasteiger partial charge in [0, 0.05) is 12.1 Å². The van der Waals surface area contributed by atoms with E-state index in [1.165, 1.54) is 0 Å². The second-order valence-electron chi connectivity index (χ2n) is 3.20. The van der Waals surface area contributed by atoms with E-state index in [2.05, 4.69) is 5.32 Å². The molecule has 0 aromatic rings. The highest BCUT2D eigenvalue weighted by atomic mass is 16.4. The summed E-state index contributed by atoms with van der Waals surface area (Å²) in [5.41, 5.74) is 5.39. The summed E-state index contributed by atoms with van der Waals surface area (Å²) in [5, 5.41) is 10.5. The van der Waals surface area contributed by atoms with Crippen molar-refractivity contribution in [1.82, 2.24) is 5.32 Å². The Morgan fingerprint density at radius 2 is 2.08 bits per heavy atom. The minimum Gasteiger partial charge on any atom is -0.474 e. The quantitative estimate of drug-likeness (QED) is 0.469. The van der Waals surface area contributed by atoms with Crippen LogP contribution in [0.2, 0.25) is 0 Å². The number of carbonyl (C=O) groups excluding carboxylic acids is 1. The molecule has 68 valence electrons. The molecule has 0 atom stereocenters. The number of amides is 1. The van der Waals surface area contributed by atoms with Crippen LogP contribution in [0, 0.1) is 0 Å². The average molecular weight is 172 g/mol.